The summed E-state index contributed by atoms with van der Waals surface area (Å²) in [5.74, 6) is 1.65. The summed E-state index contributed by atoms with van der Waals surface area (Å²) in [7, 11) is 0. The molecule has 1 N–H and O–H groups in total. The maximum Gasteiger partial charge on any atom is 0.129 e. The summed E-state index contributed by atoms with van der Waals surface area (Å²) in [6.07, 6.45) is 2.23. The van der Waals surface area contributed by atoms with Crippen molar-refractivity contribution in [2.45, 2.75) is 51.5 Å². The van der Waals surface area contributed by atoms with E-state index in [0.717, 1.165) is 35.6 Å². The Kier molecular flexibility index (Phi) is 7.47. The first kappa shape index (κ1) is 16.5. The third kappa shape index (κ3) is 5.53. The van der Waals surface area contributed by atoms with Gasteiger partial charge < -0.3 is 5.32 Å². The van der Waals surface area contributed by atoms with Crippen LogP contribution in [0.2, 0.25) is 0 Å². The van der Waals surface area contributed by atoms with Gasteiger partial charge in [0.25, 0.3) is 0 Å². The van der Waals surface area contributed by atoms with E-state index in [1.807, 2.05) is 19.1 Å². The minimum Gasteiger partial charge on any atom is -0.310 e. The predicted molar refractivity (Wildman–Crippen MR) is 83.3 cm³/mol. The maximum atomic E-state index is 14.1. The summed E-state index contributed by atoms with van der Waals surface area (Å²) in [5.41, 5.74) is 0.824. The molecule has 0 radical (unpaired) electrons. The van der Waals surface area contributed by atoms with E-state index in [9.17, 15) is 4.39 Å². The molecule has 0 spiro atoms. The van der Waals surface area contributed by atoms with Crippen LogP contribution < -0.4 is 5.32 Å². The molecule has 0 saturated heterocycles. The van der Waals surface area contributed by atoms with Gasteiger partial charge >= 0.3 is 0 Å². The van der Waals surface area contributed by atoms with Gasteiger partial charge in [-0.05, 0) is 50.1 Å². The van der Waals surface area contributed by atoms with Gasteiger partial charge in [-0.25, -0.2) is 4.39 Å². The number of rotatable bonds is 8. The third-order valence-corrected chi connectivity index (χ3v) is 4.21. The molecule has 1 aromatic carbocycles. The average molecular weight is 283 g/mol. The smallest absolute Gasteiger partial charge is 0.129 e. The fourth-order valence-corrected chi connectivity index (χ4v) is 3.34. The zero-order valence-corrected chi connectivity index (χ0v) is 13.3. The largest absolute Gasteiger partial charge is 0.310 e. The summed E-state index contributed by atoms with van der Waals surface area (Å²) in [4.78, 5) is 1.08. The molecule has 3 heteroatoms. The average Bonchev–Trinajstić information content (AvgIpc) is 2.35. The highest BCUT2D eigenvalue weighted by Gasteiger charge is 2.15. The minimum atomic E-state index is -0.0920. The normalized spacial score (nSPS) is 12.9. The zero-order valence-electron chi connectivity index (χ0n) is 12.5. The van der Waals surface area contributed by atoms with E-state index in [4.69, 9.17) is 0 Å². The van der Waals surface area contributed by atoms with Crippen molar-refractivity contribution in [3.63, 3.8) is 0 Å². The first-order valence-corrected chi connectivity index (χ1v) is 8.19. The van der Waals surface area contributed by atoms with Gasteiger partial charge in [0.15, 0.2) is 0 Å². The quantitative estimate of drug-likeness (QED) is 0.672. The van der Waals surface area contributed by atoms with E-state index in [1.54, 1.807) is 17.8 Å². The van der Waals surface area contributed by atoms with Crippen LogP contribution in [-0.2, 0) is 0 Å². The Morgan fingerprint density at radius 2 is 2.00 bits per heavy atom. The van der Waals surface area contributed by atoms with Crippen LogP contribution in [0.5, 0.6) is 0 Å². The second kappa shape index (κ2) is 8.60. The minimum absolute atomic E-state index is 0.0719. The summed E-state index contributed by atoms with van der Waals surface area (Å²) in [5, 5.41) is 3.38. The van der Waals surface area contributed by atoms with Gasteiger partial charge in [-0.3, -0.25) is 0 Å². The van der Waals surface area contributed by atoms with Crippen LogP contribution in [0, 0.1) is 11.7 Å². The number of nitrogens with one attached hydrogen (secondary N) is 1. The first-order valence-electron chi connectivity index (χ1n) is 7.20. The summed E-state index contributed by atoms with van der Waals surface area (Å²) < 4.78 is 14.1. The molecule has 1 atom stereocenters. The molecular formula is C16H26FNS. The van der Waals surface area contributed by atoms with Gasteiger partial charge in [-0.2, -0.15) is 0 Å². The van der Waals surface area contributed by atoms with Gasteiger partial charge in [-0.15, -0.1) is 11.8 Å². The molecule has 0 aromatic heterocycles. The highest BCUT2D eigenvalue weighted by atomic mass is 32.2. The fourth-order valence-electron chi connectivity index (χ4n) is 1.93. The monoisotopic (exact) mass is 283 g/mol. The molecule has 0 aliphatic heterocycles. The Balaban J connectivity index is 2.76. The lowest BCUT2D eigenvalue weighted by molar-refractivity contribution is 0.518. The van der Waals surface area contributed by atoms with E-state index < -0.39 is 0 Å². The molecule has 0 saturated carbocycles. The first-order chi connectivity index (χ1) is 9.06. The van der Waals surface area contributed by atoms with Gasteiger partial charge in [0.2, 0.25) is 0 Å². The van der Waals surface area contributed by atoms with Gasteiger partial charge in [0.05, 0.1) is 0 Å². The molecule has 0 aliphatic rings. The van der Waals surface area contributed by atoms with Crippen molar-refractivity contribution in [2.75, 3.05) is 12.3 Å². The lowest BCUT2D eigenvalue weighted by atomic mass is 10.1. The Morgan fingerprint density at radius 1 is 1.26 bits per heavy atom. The standard InChI is InChI=1S/C16H26FNS/c1-5-10-18-13(4)16-14(17)7-6-8-15(16)19-11-9-12(2)3/h6-8,12-13,18H,5,9-11H2,1-4H3. The van der Waals surface area contributed by atoms with Crippen LogP contribution in [0.25, 0.3) is 0 Å². The number of benzene rings is 1. The zero-order chi connectivity index (χ0) is 14.3. The topological polar surface area (TPSA) is 12.0 Å². The number of hydrogen-bond donors (Lipinski definition) is 1. The Labute approximate surface area is 121 Å². The highest BCUT2D eigenvalue weighted by molar-refractivity contribution is 7.99. The lowest BCUT2D eigenvalue weighted by Gasteiger charge is -2.18. The van der Waals surface area contributed by atoms with Crippen molar-refractivity contribution in [1.29, 1.82) is 0 Å². The van der Waals surface area contributed by atoms with Crippen LogP contribution in [-0.4, -0.2) is 12.3 Å². The van der Waals surface area contributed by atoms with E-state index in [1.165, 1.54) is 0 Å². The predicted octanol–water partition coefficient (Wildman–Crippen LogP) is 5.02. The number of hydrogen-bond acceptors (Lipinski definition) is 2. The molecule has 1 unspecified atom stereocenters. The molecule has 0 bridgehead atoms. The van der Waals surface area contributed by atoms with Crippen LogP contribution >= 0.6 is 11.8 Å². The van der Waals surface area contributed by atoms with Gasteiger partial charge in [0.1, 0.15) is 5.82 Å². The molecule has 1 aromatic rings. The molecule has 1 nitrogen and oxygen atoms in total. The number of halogens is 1. The van der Waals surface area contributed by atoms with Crippen LogP contribution in [0.1, 0.15) is 52.1 Å². The Bertz CT molecular complexity index is 379. The van der Waals surface area contributed by atoms with E-state index in [0.29, 0.717) is 5.92 Å². The van der Waals surface area contributed by atoms with Crippen molar-refractivity contribution in [2.24, 2.45) is 5.92 Å². The van der Waals surface area contributed by atoms with Crippen molar-refractivity contribution in [3.05, 3.63) is 29.6 Å². The summed E-state index contributed by atoms with van der Waals surface area (Å²) in [6, 6.07) is 5.48. The SMILES string of the molecule is CCCNC(C)c1c(F)cccc1SCCC(C)C. The molecule has 1 rings (SSSR count). The lowest BCUT2D eigenvalue weighted by Crippen LogP contribution is -2.21. The Morgan fingerprint density at radius 3 is 2.63 bits per heavy atom. The molecule has 0 amide bonds. The molecule has 0 heterocycles. The van der Waals surface area contributed by atoms with E-state index in [-0.39, 0.29) is 11.9 Å². The molecule has 19 heavy (non-hydrogen) atoms. The van der Waals surface area contributed by atoms with Crippen molar-refractivity contribution in [3.8, 4) is 0 Å². The summed E-state index contributed by atoms with van der Waals surface area (Å²) >= 11 is 1.77. The fraction of sp³-hybridized carbons (Fsp3) is 0.625. The summed E-state index contributed by atoms with van der Waals surface area (Å²) in [6.45, 7) is 9.53. The van der Waals surface area contributed by atoms with Crippen molar-refractivity contribution < 1.29 is 4.39 Å². The van der Waals surface area contributed by atoms with Crippen LogP contribution in [0.4, 0.5) is 4.39 Å². The van der Waals surface area contributed by atoms with Crippen LogP contribution in [0.3, 0.4) is 0 Å². The van der Waals surface area contributed by atoms with E-state index in [2.05, 4.69) is 26.1 Å². The van der Waals surface area contributed by atoms with Crippen LogP contribution in [0.15, 0.2) is 23.1 Å². The molecular weight excluding hydrogens is 257 g/mol. The van der Waals surface area contributed by atoms with E-state index >= 15 is 0 Å². The molecule has 0 fully saturated rings. The maximum absolute atomic E-state index is 14.1. The Hall–Kier alpha value is -0.540. The van der Waals surface area contributed by atoms with Crippen molar-refractivity contribution in [1.82, 2.24) is 5.32 Å². The highest BCUT2D eigenvalue weighted by Crippen LogP contribution is 2.30. The molecule has 108 valence electrons. The number of thioether (sulfide) groups is 1. The third-order valence-electron chi connectivity index (χ3n) is 3.10. The molecule has 0 aliphatic carbocycles. The van der Waals surface area contributed by atoms with Gasteiger partial charge in [0, 0.05) is 16.5 Å². The van der Waals surface area contributed by atoms with Gasteiger partial charge in [-0.1, -0.05) is 26.8 Å². The van der Waals surface area contributed by atoms with Crippen molar-refractivity contribution >= 4 is 11.8 Å². The second-order valence-electron chi connectivity index (χ2n) is 5.36. The second-order valence-corrected chi connectivity index (χ2v) is 6.50.